The average Bonchev–Trinajstić information content (AvgIpc) is 2.94. The molecule has 0 spiro atoms. The maximum absolute atomic E-state index is 13.8. The van der Waals surface area contributed by atoms with Gasteiger partial charge in [0.25, 0.3) is 11.6 Å². The van der Waals surface area contributed by atoms with Gasteiger partial charge in [0.2, 0.25) is 0 Å². The number of hydrogen-bond acceptors (Lipinski definition) is 5. The summed E-state index contributed by atoms with van der Waals surface area (Å²) in [7, 11) is 0. The maximum Gasteiger partial charge on any atom is 0.269 e. The van der Waals surface area contributed by atoms with E-state index in [0.717, 1.165) is 39.8 Å². The molecule has 4 aromatic rings. The van der Waals surface area contributed by atoms with Gasteiger partial charge in [-0.3, -0.25) is 14.9 Å². The molecule has 0 unspecified atom stereocenters. The van der Waals surface area contributed by atoms with E-state index in [-0.39, 0.29) is 11.6 Å². The van der Waals surface area contributed by atoms with Crippen molar-refractivity contribution < 1.29 is 9.72 Å². The van der Waals surface area contributed by atoms with Crippen molar-refractivity contribution >= 4 is 39.8 Å². The molecule has 0 atom stereocenters. The van der Waals surface area contributed by atoms with Crippen LogP contribution in [0.4, 0.5) is 11.4 Å². The summed E-state index contributed by atoms with van der Waals surface area (Å²) < 4.78 is 0. The van der Waals surface area contributed by atoms with Crippen LogP contribution in [-0.2, 0) is 6.42 Å². The highest BCUT2D eigenvalue weighted by Gasteiger charge is 2.25. The van der Waals surface area contributed by atoms with Crippen molar-refractivity contribution in [3.8, 4) is 11.3 Å². The number of non-ortho nitro benzene ring substituents is 1. The summed E-state index contributed by atoms with van der Waals surface area (Å²) in [6.07, 6.45) is 0.954. The number of aromatic nitrogens is 1. The van der Waals surface area contributed by atoms with Gasteiger partial charge in [-0.2, -0.15) is 0 Å². The number of nitro benzene ring substituents is 1. The highest BCUT2D eigenvalue weighted by molar-refractivity contribution is 6.32. The molecule has 1 aliphatic rings. The largest absolute Gasteiger partial charge is 0.368 e. The van der Waals surface area contributed by atoms with Gasteiger partial charge in [-0.25, -0.2) is 4.98 Å². The smallest absolute Gasteiger partial charge is 0.269 e. The molecule has 1 aliphatic heterocycles. The fourth-order valence-corrected chi connectivity index (χ4v) is 4.92. The summed E-state index contributed by atoms with van der Waals surface area (Å²) in [5.74, 6) is -0.0381. The Balaban J connectivity index is 1.44. The number of pyridine rings is 1. The van der Waals surface area contributed by atoms with E-state index in [9.17, 15) is 14.9 Å². The molecule has 0 N–H and O–H groups in total. The van der Waals surface area contributed by atoms with Crippen LogP contribution in [0.25, 0.3) is 22.2 Å². The Kier molecular flexibility index (Phi) is 6.80. The third kappa shape index (κ3) is 4.87. The Labute approximate surface area is 220 Å². The standard InChI is InChI=1S/C29H27ClN4O3/c1-3-20-4-6-21(7-5-20)27-18-25(24-12-13-26(30)19(2)28(24)31-27)29(35)33-16-14-32(15-17-33)22-8-10-23(11-9-22)34(36)37/h4-13,18H,3,14-17H2,1-2H3. The molecule has 188 valence electrons. The van der Waals surface area contributed by atoms with Crippen molar-refractivity contribution in [1.82, 2.24) is 9.88 Å². The molecule has 3 aromatic carbocycles. The molecule has 1 fully saturated rings. The van der Waals surface area contributed by atoms with Gasteiger partial charge in [0, 0.05) is 60.0 Å². The molecule has 0 saturated carbocycles. The van der Waals surface area contributed by atoms with E-state index in [0.29, 0.717) is 36.8 Å². The molecule has 5 rings (SSSR count). The van der Waals surface area contributed by atoms with Gasteiger partial charge >= 0.3 is 0 Å². The Morgan fingerprint density at radius 1 is 1.00 bits per heavy atom. The Morgan fingerprint density at radius 2 is 1.68 bits per heavy atom. The van der Waals surface area contributed by atoms with Crippen LogP contribution in [0.3, 0.4) is 0 Å². The minimum absolute atomic E-state index is 0.0381. The quantitative estimate of drug-likeness (QED) is 0.231. The molecule has 8 heteroatoms. The van der Waals surface area contributed by atoms with Crippen molar-refractivity contribution in [2.75, 3.05) is 31.1 Å². The van der Waals surface area contributed by atoms with Gasteiger partial charge in [-0.1, -0.05) is 48.9 Å². The van der Waals surface area contributed by atoms with Gasteiger partial charge < -0.3 is 9.80 Å². The molecular formula is C29H27ClN4O3. The fourth-order valence-electron chi connectivity index (χ4n) is 4.76. The zero-order valence-electron chi connectivity index (χ0n) is 20.8. The van der Waals surface area contributed by atoms with Gasteiger partial charge in [0.15, 0.2) is 0 Å². The molecule has 37 heavy (non-hydrogen) atoms. The number of fused-ring (bicyclic) bond motifs is 1. The minimum Gasteiger partial charge on any atom is -0.368 e. The van der Waals surface area contributed by atoms with Gasteiger partial charge in [-0.05, 0) is 48.7 Å². The summed E-state index contributed by atoms with van der Waals surface area (Å²) >= 11 is 6.43. The Bertz CT molecular complexity index is 1480. The number of benzene rings is 3. The number of halogens is 1. The number of anilines is 1. The third-order valence-corrected chi connectivity index (χ3v) is 7.46. The van der Waals surface area contributed by atoms with Crippen molar-refractivity contribution in [2.24, 2.45) is 0 Å². The summed E-state index contributed by atoms with van der Waals surface area (Å²) in [6.45, 7) is 6.43. The van der Waals surface area contributed by atoms with E-state index in [1.807, 2.05) is 42.2 Å². The zero-order valence-corrected chi connectivity index (χ0v) is 21.5. The lowest BCUT2D eigenvalue weighted by Crippen LogP contribution is -2.48. The molecule has 0 aliphatic carbocycles. The fraction of sp³-hybridized carbons (Fsp3) is 0.241. The molecule has 0 bridgehead atoms. The summed E-state index contributed by atoms with van der Waals surface area (Å²) in [5, 5.41) is 12.4. The van der Waals surface area contributed by atoms with Crippen molar-refractivity contribution in [1.29, 1.82) is 0 Å². The number of carbonyl (C=O) groups excluding carboxylic acids is 1. The molecule has 1 amide bonds. The predicted molar refractivity (Wildman–Crippen MR) is 148 cm³/mol. The Hall–Kier alpha value is -3.97. The van der Waals surface area contributed by atoms with Crippen LogP contribution in [0.15, 0.2) is 66.7 Å². The van der Waals surface area contributed by atoms with Crippen LogP contribution in [0.5, 0.6) is 0 Å². The van der Waals surface area contributed by atoms with E-state index >= 15 is 0 Å². The highest BCUT2D eigenvalue weighted by atomic mass is 35.5. The first-order valence-corrected chi connectivity index (χ1v) is 12.7. The number of nitrogens with zero attached hydrogens (tertiary/aromatic N) is 4. The topological polar surface area (TPSA) is 79.6 Å². The normalized spacial score (nSPS) is 13.7. The number of carbonyl (C=O) groups is 1. The third-order valence-electron chi connectivity index (χ3n) is 7.05. The minimum atomic E-state index is -0.402. The second-order valence-corrected chi connectivity index (χ2v) is 9.63. The van der Waals surface area contributed by atoms with Crippen LogP contribution in [0.2, 0.25) is 5.02 Å². The number of rotatable bonds is 5. The first-order chi connectivity index (χ1) is 17.9. The van der Waals surface area contributed by atoms with E-state index < -0.39 is 4.92 Å². The van der Waals surface area contributed by atoms with Crippen LogP contribution >= 0.6 is 11.6 Å². The first-order valence-electron chi connectivity index (χ1n) is 12.3. The van der Waals surface area contributed by atoms with Gasteiger partial charge in [-0.15, -0.1) is 0 Å². The number of amides is 1. The highest BCUT2D eigenvalue weighted by Crippen LogP contribution is 2.31. The van der Waals surface area contributed by atoms with Crippen LogP contribution in [0.1, 0.15) is 28.4 Å². The number of hydrogen-bond donors (Lipinski definition) is 0. The van der Waals surface area contributed by atoms with E-state index in [4.69, 9.17) is 16.6 Å². The molecule has 1 saturated heterocycles. The van der Waals surface area contributed by atoms with Gasteiger partial charge in [0.05, 0.1) is 21.7 Å². The lowest BCUT2D eigenvalue weighted by molar-refractivity contribution is -0.384. The lowest BCUT2D eigenvalue weighted by atomic mass is 10.00. The number of aryl methyl sites for hydroxylation is 2. The lowest BCUT2D eigenvalue weighted by Gasteiger charge is -2.36. The van der Waals surface area contributed by atoms with Crippen molar-refractivity contribution in [3.05, 3.63) is 98.6 Å². The van der Waals surface area contributed by atoms with Crippen molar-refractivity contribution in [3.63, 3.8) is 0 Å². The summed E-state index contributed by atoms with van der Waals surface area (Å²) in [5.41, 5.74) is 6.12. The van der Waals surface area contributed by atoms with Crippen LogP contribution in [-0.4, -0.2) is 46.9 Å². The van der Waals surface area contributed by atoms with Gasteiger partial charge in [0.1, 0.15) is 0 Å². The SMILES string of the molecule is CCc1ccc(-c2cc(C(=O)N3CCN(c4ccc([N+](=O)[O-])cc4)CC3)c3ccc(Cl)c(C)c3n2)cc1. The van der Waals surface area contributed by atoms with Crippen LogP contribution in [0, 0.1) is 17.0 Å². The van der Waals surface area contributed by atoms with E-state index in [1.54, 1.807) is 12.1 Å². The number of piperazine rings is 1. The van der Waals surface area contributed by atoms with E-state index in [1.165, 1.54) is 17.7 Å². The Morgan fingerprint density at radius 3 is 2.30 bits per heavy atom. The predicted octanol–water partition coefficient (Wildman–Crippen LogP) is 6.30. The molecular weight excluding hydrogens is 488 g/mol. The van der Waals surface area contributed by atoms with Crippen LogP contribution < -0.4 is 4.90 Å². The number of nitro groups is 1. The summed E-state index contributed by atoms with van der Waals surface area (Å²) in [6, 6.07) is 20.4. The zero-order chi connectivity index (χ0) is 26.1. The second-order valence-electron chi connectivity index (χ2n) is 9.23. The monoisotopic (exact) mass is 514 g/mol. The first kappa shape index (κ1) is 24.7. The average molecular weight is 515 g/mol. The second kappa shape index (κ2) is 10.2. The molecule has 2 heterocycles. The molecule has 0 radical (unpaired) electrons. The summed E-state index contributed by atoms with van der Waals surface area (Å²) in [4.78, 5) is 33.3. The molecule has 1 aromatic heterocycles. The maximum atomic E-state index is 13.8. The van der Waals surface area contributed by atoms with E-state index in [2.05, 4.69) is 24.0 Å². The molecule has 7 nitrogen and oxygen atoms in total. The van der Waals surface area contributed by atoms with Crippen molar-refractivity contribution in [2.45, 2.75) is 20.3 Å².